The van der Waals surface area contributed by atoms with Gasteiger partial charge in [-0.2, -0.15) is 5.10 Å². The number of hydrazine groups is 1. The molecule has 0 spiro atoms. The van der Waals surface area contributed by atoms with E-state index in [1.807, 2.05) is 13.1 Å². The highest BCUT2D eigenvalue weighted by Gasteiger charge is 2.17. The lowest BCUT2D eigenvalue weighted by Gasteiger charge is -2.16. The third-order valence-corrected chi connectivity index (χ3v) is 3.63. The smallest absolute Gasteiger partial charge is 0.138 e. The fraction of sp³-hybridized carbons (Fsp3) is 0.300. The number of hydrogen-bond donors (Lipinski definition) is 2. The monoisotopic (exact) mass is 374 g/mol. The summed E-state index contributed by atoms with van der Waals surface area (Å²) in [6.45, 7) is 0. The summed E-state index contributed by atoms with van der Waals surface area (Å²) >= 11 is 6.85. The molecule has 2 rings (SSSR count). The molecular formula is C10H12Br2N6. The molecule has 3 N–H and O–H groups in total. The zero-order valence-electron chi connectivity index (χ0n) is 9.64. The molecule has 18 heavy (non-hydrogen) atoms. The number of nitrogens with two attached hydrogens (primary N) is 1. The van der Waals surface area contributed by atoms with Crippen molar-refractivity contribution in [3.05, 3.63) is 39.1 Å². The van der Waals surface area contributed by atoms with Crippen LogP contribution in [0.4, 0.5) is 0 Å². The van der Waals surface area contributed by atoms with E-state index in [1.54, 1.807) is 10.9 Å². The lowest BCUT2D eigenvalue weighted by molar-refractivity contribution is 0.510. The molecule has 96 valence electrons. The van der Waals surface area contributed by atoms with Crippen LogP contribution in [0.5, 0.6) is 0 Å². The van der Waals surface area contributed by atoms with Crippen molar-refractivity contribution in [2.45, 2.75) is 12.5 Å². The first-order chi connectivity index (χ1) is 8.61. The van der Waals surface area contributed by atoms with Crippen LogP contribution in [0, 0.1) is 0 Å². The maximum absolute atomic E-state index is 5.60. The first-order valence-corrected chi connectivity index (χ1v) is 6.80. The average Bonchev–Trinajstić information content (AvgIpc) is 2.73. The quantitative estimate of drug-likeness (QED) is 0.624. The number of halogens is 2. The largest absolute Gasteiger partial charge is 0.271 e. The predicted molar refractivity (Wildman–Crippen MR) is 74.4 cm³/mol. The van der Waals surface area contributed by atoms with Crippen molar-refractivity contribution in [2.24, 2.45) is 12.9 Å². The molecule has 0 bridgehead atoms. The summed E-state index contributed by atoms with van der Waals surface area (Å²) in [5.74, 6) is 6.44. The van der Waals surface area contributed by atoms with Crippen LogP contribution in [0.1, 0.15) is 17.6 Å². The first kappa shape index (κ1) is 13.6. The SMILES string of the molecule is Cn1ncnc1CC(NN)c1ncc(Br)cc1Br. The van der Waals surface area contributed by atoms with Crippen molar-refractivity contribution >= 4 is 31.9 Å². The van der Waals surface area contributed by atoms with Crippen molar-refractivity contribution in [2.75, 3.05) is 0 Å². The zero-order chi connectivity index (χ0) is 13.1. The van der Waals surface area contributed by atoms with Crippen LogP contribution in [0.25, 0.3) is 0 Å². The second-order valence-electron chi connectivity index (χ2n) is 3.74. The van der Waals surface area contributed by atoms with Gasteiger partial charge in [0.15, 0.2) is 0 Å². The van der Waals surface area contributed by atoms with E-state index in [0.717, 1.165) is 20.5 Å². The zero-order valence-corrected chi connectivity index (χ0v) is 12.8. The van der Waals surface area contributed by atoms with E-state index >= 15 is 0 Å². The van der Waals surface area contributed by atoms with Gasteiger partial charge in [0.1, 0.15) is 12.2 Å². The molecule has 2 heterocycles. The molecular weight excluding hydrogens is 364 g/mol. The van der Waals surface area contributed by atoms with Crippen molar-refractivity contribution in [1.29, 1.82) is 0 Å². The Morgan fingerprint density at radius 2 is 2.22 bits per heavy atom. The lowest BCUT2D eigenvalue weighted by atomic mass is 10.1. The summed E-state index contributed by atoms with van der Waals surface area (Å²) in [6, 6.07) is 1.80. The topological polar surface area (TPSA) is 81.7 Å². The fourth-order valence-electron chi connectivity index (χ4n) is 1.60. The van der Waals surface area contributed by atoms with Gasteiger partial charge in [-0.15, -0.1) is 0 Å². The van der Waals surface area contributed by atoms with E-state index in [1.165, 1.54) is 6.33 Å². The van der Waals surface area contributed by atoms with Crippen molar-refractivity contribution < 1.29 is 0 Å². The van der Waals surface area contributed by atoms with Gasteiger partial charge >= 0.3 is 0 Å². The van der Waals surface area contributed by atoms with Crippen LogP contribution in [0.3, 0.4) is 0 Å². The van der Waals surface area contributed by atoms with Gasteiger partial charge in [0.25, 0.3) is 0 Å². The van der Waals surface area contributed by atoms with Gasteiger partial charge in [0.05, 0.1) is 11.7 Å². The molecule has 0 aliphatic rings. The molecule has 0 saturated heterocycles. The number of aromatic nitrogens is 4. The highest BCUT2D eigenvalue weighted by Crippen LogP contribution is 2.25. The Hall–Kier alpha value is -0.830. The van der Waals surface area contributed by atoms with Crippen molar-refractivity contribution in [3.8, 4) is 0 Å². The Kier molecular flexibility index (Phi) is 4.44. The van der Waals surface area contributed by atoms with Crippen molar-refractivity contribution in [1.82, 2.24) is 25.2 Å². The molecule has 2 aromatic heterocycles. The molecule has 0 aromatic carbocycles. The van der Waals surface area contributed by atoms with Crippen LogP contribution >= 0.6 is 31.9 Å². The van der Waals surface area contributed by atoms with Crippen LogP contribution in [0.2, 0.25) is 0 Å². The number of pyridine rings is 1. The van der Waals surface area contributed by atoms with E-state index in [0.29, 0.717) is 6.42 Å². The summed E-state index contributed by atoms with van der Waals surface area (Å²) in [6.07, 6.45) is 3.87. The van der Waals surface area contributed by atoms with E-state index in [-0.39, 0.29) is 6.04 Å². The first-order valence-electron chi connectivity index (χ1n) is 5.21. The van der Waals surface area contributed by atoms with Gasteiger partial charge < -0.3 is 0 Å². The molecule has 0 fully saturated rings. The molecule has 0 amide bonds. The van der Waals surface area contributed by atoms with Crippen LogP contribution in [-0.2, 0) is 13.5 Å². The standard InChI is InChI=1S/C10H12Br2N6/c1-18-9(15-5-16-18)3-8(17-13)10-7(12)2-6(11)4-14-10/h2,4-5,8,17H,3,13H2,1H3. The predicted octanol–water partition coefficient (Wildman–Crippen LogP) is 1.48. The second-order valence-corrected chi connectivity index (χ2v) is 5.51. The van der Waals surface area contributed by atoms with Crippen molar-refractivity contribution in [3.63, 3.8) is 0 Å². The van der Waals surface area contributed by atoms with Crippen LogP contribution in [-0.4, -0.2) is 19.7 Å². The van der Waals surface area contributed by atoms with Crippen LogP contribution < -0.4 is 11.3 Å². The fourth-order valence-corrected chi connectivity index (χ4v) is 2.87. The summed E-state index contributed by atoms with van der Waals surface area (Å²) in [4.78, 5) is 8.55. The minimum absolute atomic E-state index is 0.129. The number of rotatable bonds is 4. The number of nitrogens with zero attached hydrogens (tertiary/aromatic N) is 4. The highest BCUT2D eigenvalue weighted by atomic mass is 79.9. The molecule has 0 radical (unpaired) electrons. The Morgan fingerprint density at radius 3 is 2.78 bits per heavy atom. The second kappa shape index (κ2) is 5.87. The molecule has 0 aliphatic heterocycles. The number of nitrogens with one attached hydrogen (secondary N) is 1. The average molecular weight is 376 g/mol. The normalized spacial score (nSPS) is 12.7. The number of hydrogen-bond acceptors (Lipinski definition) is 5. The van der Waals surface area contributed by atoms with Gasteiger partial charge in [-0.25, -0.2) is 4.98 Å². The molecule has 0 aliphatic carbocycles. The summed E-state index contributed by atoms with van der Waals surface area (Å²) in [5, 5.41) is 4.03. The molecule has 1 atom stereocenters. The van der Waals surface area contributed by atoms with Crippen LogP contribution in [0.15, 0.2) is 27.5 Å². The molecule has 1 unspecified atom stereocenters. The maximum Gasteiger partial charge on any atom is 0.138 e. The summed E-state index contributed by atoms with van der Waals surface area (Å²) < 4.78 is 3.52. The Labute approximate surface area is 121 Å². The Bertz CT molecular complexity index is 541. The Morgan fingerprint density at radius 1 is 1.44 bits per heavy atom. The van der Waals surface area contributed by atoms with Gasteiger partial charge in [0.2, 0.25) is 0 Å². The molecule has 2 aromatic rings. The van der Waals surface area contributed by atoms with Gasteiger partial charge in [-0.05, 0) is 37.9 Å². The molecule has 6 nitrogen and oxygen atoms in total. The van der Waals surface area contributed by atoms with Gasteiger partial charge in [-0.1, -0.05) is 0 Å². The van der Waals surface area contributed by atoms with Gasteiger partial charge in [-0.3, -0.25) is 20.9 Å². The van der Waals surface area contributed by atoms with Gasteiger partial charge in [0, 0.05) is 28.6 Å². The number of aryl methyl sites for hydroxylation is 1. The van der Waals surface area contributed by atoms with E-state index < -0.39 is 0 Å². The Balaban J connectivity index is 2.26. The third-order valence-electron chi connectivity index (χ3n) is 2.56. The van der Waals surface area contributed by atoms with E-state index in [2.05, 4.69) is 52.4 Å². The van der Waals surface area contributed by atoms with E-state index in [9.17, 15) is 0 Å². The summed E-state index contributed by atoms with van der Waals surface area (Å²) in [5.41, 5.74) is 3.59. The molecule has 8 heteroatoms. The maximum atomic E-state index is 5.60. The molecule has 0 saturated carbocycles. The lowest BCUT2D eigenvalue weighted by Crippen LogP contribution is -2.31. The van der Waals surface area contributed by atoms with E-state index in [4.69, 9.17) is 5.84 Å². The minimum atomic E-state index is -0.129. The summed E-state index contributed by atoms with van der Waals surface area (Å²) in [7, 11) is 1.85. The third kappa shape index (κ3) is 2.94. The highest BCUT2D eigenvalue weighted by molar-refractivity contribution is 9.11. The minimum Gasteiger partial charge on any atom is -0.271 e.